The Hall–Kier alpha value is -2.17. The first-order valence-corrected chi connectivity index (χ1v) is 10.0. The van der Waals surface area contributed by atoms with Gasteiger partial charge < -0.3 is 9.14 Å². The highest BCUT2D eigenvalue weighted by Crippen LogP contribution is 2.27. The monoisotopic (exact) mass is 363 g/mol. The summed E-state index contributed by atoms with van der Waals surface area (Å²) in [6, 6.07) is 6.23. The average molecular weight is 364 g/mol. The fourth-order valence-electron chi connectivity index (χ4n) is 4.03. The van der Waals surface area contributed by atoms with E-state index in [2.05, 4.69) is 78.8 Å². The Morgan fingerprint density at radius 2 is 2.15 bits per heavy atom. The summed E-state index contributed by atoms with van der Waals surface area (Å²) in [6.45, 7) is 9.39. The molecule has 2 aromatic heterocycles. The molecule has 2 aromatic rings. The predicted molar refractivity (Wildman–Crippen MR) is 111 cm³/mol. The molecule has 142 valence electrons. The van der Waals surface area contributed by atoms with Gasteiger partial charge in [-0.05, 0) is 44.4 Å². The van der Waals surface area contributed by atoms with Crippen LogP contribution in [-0.4, -0.2) is 39.6 Å². The summed E-state index contributed by atoms with van der Waals surface area (Å²) in [6.07, 6.45) is 13.6. The molecule has 0 saturated carbocycles. The first kappa shape index (κ1) is 18.2. The zero-order valence-electron chi connectivity index (χ0n) is 16.6. The van der Waals surface area contributed by atoms with Crippen molar-refractivity contribution in [2.45, 2.75) is 52.4 Å². The Balaban J connectivity index is 1.71. The molecular weight excluding hydrogens is 334 g/mol. The van der Waals surface area contributed by atoms with Crippen molar-refractivity contribution < 1.29 is 4.74 Å². The average Bonchev–Trinajstić information content (AvgIpc) is 2.87. The molecule has 2 atom stereocenters. The number of hydrogen-bond acceptors (Lipinski definition) is 3. The lowest BCUT2D eigenvalue weighted by molar-refractivity contribution is -0.0804. The molecule has 0 aromatic carbocycles. The maximum absolute atomic E-state index is 6.05. The van der Waals surface area contributed by atoms with Crippen LogP contribution < -0.4 is 0 Å². The number of pyridine rings is 1. The summed E-state index contributed by atoms with van der Waals surface area (Å²) in [5.41, 5.74) is 5.98. The molecule has 0 amide bonds. The van der Waals surface area contributed by atoms with Crippen LogP contribution in [0.3, 0.4) is 0 Å². The number of morpholine rings is 1. The molecule has 1 saturated heterocycles. The zero-order valence-corrected chi connectivity index (χ0v) is 16.6. The van der Waals surface area contributed by atoms with E-state index in [1.807, 2.05) is 0 Å². The number of nitrogens with zero attached hydrogens (tertiary/aromatic N) is 3. The van der Waals surface area contributed by atoms with Crippen LogP contribution in [0.5, 0.6) is 0 Å². The van der Waals surface area contributed by atoms with Gasteiger partial charge in [0.1, 0.15) is 5.65 Å². The van der Waals surface area contributed by atoms with Crippen molar-refractivity contribution in [3.8, 4) is 0 Å². The van der Waals surface area contributed by atoms with Crippen molar-refractivity contribution in [3.05, 3.63) is 65.7 Å². The van der Waals surface area contributed by atoms with E-state index < -0.39 is 0 Å². The lowest BCUT2D eigenvalue weighted by atomic mass is 10.1. The number of fused-ring (bicyclic) bond motifs is 1. The molecule has 0 N–H and O–H groups in total. The minimum atomic E-state index is 0.273. The molecule has 4 nitrogen and oxygen atoms in total. The number of aromatic nitrogens is 2. The van der Waals surface area contributed by atoms with Gasteiger partial charge in [0.25, 0.3) is 0 Å². The second kappa shape index (κ2) is 7.83. The van der Waals surface area contributed by atoms with E-state index in [-0.39, 0.29) is 6.10 Å². The summed E-state index contributed by atoms with van der Waals surface area (Å²) < 4.78 is 8.30. The molecule has 1 fully saturated rings. The Kier molecular flexibility index (Phi) is 5.28. The second-order valence-electron chi connectivity index (χ2n) is 7.74. The molecule has 1 aliphatic carbocycles. The highest BCUT2D eigenvalue weighted by molar-refractivity contribution is 5.76. The van der Waals surface area contributed by atoms with Crippen LogP contribution in [0.1, 0.15) is 45.0 Å². The molecule has 2 aliphatic rings. The van der Waals surface area contributed by atoms with Crippen LogP contribution in [-0.2, 0) is 11.3 Å². The molecule has 0 bridgehead atoms. The van der Waals surface area contributed by atoms with Crippen molar-refractivity contribution in [1.82, 2.24) is 14.3 Å². The maximum Gasteiger partial charge on any atom is 0.137 e. The molecular formula is C23H29N3O. The lowest BCUT2D eigenvalue weighted by Crippen LogP contribution is -2.46. The topological polar surface area (TPSA) is 29.8 Å². The van der Waals surface area contributed by atoms with Gasteiger partial charge in [0, 0.05) is 25.8 Å². The third-order valence-electron chi connectivity index (χ3n) is 5.43. The van der Waals surface area contributed by atoms with Gasteiger partial charge in [-0.25, -0.2) is 4.98 Å². The quantitative estimate of drug-likeness (QED) is 0.794. The van der Waals surface area contributed by atoms with Gasteiger partial charge in [-0.2, -0.15) is 0 Å². The van der Waals surface area contributed by atoms with Gasteiger partial charge >= 0.3 is 0 Å². The summed E-state index contributed by atoms with van der Waals surface area (Å²) in [5.74, 6) is 0. The Morgan fingerprint density at radius 1 is 1.26 bits per heavy atom. The van der Waals surface area contributed by atoms with Crippen molar-refractivity contribution in [2.75, 3.05) is 13.1 Å². The minimum Gasteiger partial charge on any atom is -0.373 e. The van der Waals surface area contributed by atoms with Crippen molar-refractivity contribution in [3.63, 3.8) is 0 Å². The fraction of sp³-hybridized carbons (Fsp3) is 0.435. The Labute approximate surface area is 161 Å². The van der Waals surface area contributed by atoms with E-state index in [1.165, 1.54) is 16.8 Å². The van der Waals surface area contributed by atoms with Crippen LogP contribution in [0.25, 0.3) is 11.2 Å². The third-order valence-corrected chi connectivity index (χ3v) is 5.43. The molecule has 0 radical (unpaired) electrons. The zero-order chi connectivity index (χ0) is 18.8. The standard InChI is InChI=1S/C23H29N3O/c1-4-20-15-25(14-18(3)27-20)16-21-23(19-9-7-8-17(2)11-12-19)24-22-10-5-6-13-26(21)22/h5-10,12-13,18,20H,4,11,14-16H2,1-3H3. The summed E-state index contributed by atoms with van der Waals surface area (Å²) in [7, 11) is 0. The lowest BCUT2D eigenvalue weighted by Gasteiger charge is -2.36. The predicted octanol–water partition coefficient (Wildman–Crippen LogP) is 4.62. The number of allylic oxidation sites excluding steroid dienone is 6. The first-order valence-electron chi connectivity index (χ1n) is 10.0. The van der Waals surface area contributed by atoms with Crippen LogP contribution >= 0.6 is 0 Å². The number of imidazole rings is 1. The van der Waals surface area contributed by atoms with E-state index in [0.29, 0.717) is 6.10 Å². The van der Waals surface area contributed by atoms with Gasteiger partial charge in [0.2, 0.25) is 0 Å². The van der Waals surface area contributed by atoms with Crippen LogP contribution in [0.2, 0.25) is 0 Å². The number of hydrogen-bond donors (Lipinski definition) is 0. The fourth-order valence-corrected chi connectivity index (χ4v) is 4.03. The molecule has 1 aliphatic heterocycles. The van der Waals surface area contributed by atoms with Crippen molar-refractivity contribution in [1.29, 1.82) is 0 Å². The summed E-state index contributed by atoms with van der Waals surface area (Å²) in [4.78, 5) is 7.51. The molecule has 3 heterocycles. The maximum atomic E-state index is 6.05. The van der Waals surface area contributed by atoms with Crippen molar-refractivity contribution >= 4 is 11.2 Å². The Morgan fingerprint density at radius 3 is 3.00 bits per heavy atom. The first-order chi connectivity index (χ1) is 13.1. The smallest absolute Gasteiger partial charge is 0.137 e. The number of rotatable bonds is 4. The number of ether oxygens (including phenoxy) is 1. The highest BCUT2D eigenvalue weighted by atomic mass is 16.5. The van der Waals surface area contributed by atoms with Gasteiger partial charge in [-0.1, -0.05) is 42.9 Å². The summed E-state index contributed by atoms with van der Waals surface area (Å²) in [5, 5.41) is 0. The van der Waals surface area contributed by atoms with Crippen LogP contribution in [0, 0.1) is 0 Å². The SMILES string of the molecule is CCC1CN(Cc2c(C3=CCC(C)=CC=C3)nc3ccccn23)CC(C)O1. The van der Waals surface area contributed by atoms with E-state index >= 15 is 0 Å². The van der Waals surface area contributed by atoms with Gasteiger partial charge in [0.15, 0.2) is 0 Å². The molecule has 0 spiro atoms. The van der Waals surface area contributed by atoms with Gasteiger partial charge in [0.05, 0.1) is 23.6 Å². The van der Waals surface area contributed by atoms with E-state index in [1.54, 1.807) is 0 Å². The normalized spacial score (nSPS) is 24.0. The minimum absolute atomic E-state index is 0.273. The molecule has 2 unspecified atom stereocenters. The second-order valence-corrected chi connectivity index (χ2v) is 7.74. The summed E-state index contributed by atoms with van der Waals surface area (Å²) >= 11 is 0. The largest absolute Gasteiger partial charge is 0.373 e. The van der Waals surface area contributed by atoms with E-state index in [0.717, 1.165) is 43.8 Å². The van der Waals surface area contributed by atoms with Crippen LogP contribution in [0.15, 0.2) is 54.3 Å². The van der Waals surface area contributed by atoms with Crippen LogP contribution in [0.4, 0.5) is 0 Å². The van der Waals surface area contributed by atoms with Crippen molar-refractivity contribution in [2.24, 2.45) is 0 Å². The molecule has 27 heavy (non-hydrogen) atoms. The highest BCUT2D eigenvalue weighted by Gasteiger charge is 2.26. The van der Waals surface area contributed by atoms with Gasteiger partial charge in [-0.3, -0.25) is 4.90 Å². The Bertz CT molecular complexity index is 905. The molecule has 4 rings (SSSR count). The third kappa shape index (κ3) is 3.92. The van der Waals surface area contributed by atoms with Gasteiger partial charge in [-0.15, -0.1) is 0 Å². The molecule has 4 heteroatoms. The van der Waals surface area contributed by atoms with E-state index in [4.69, 9.17) is 9.72 Å². The van der Waals surface area contributed by atoms with E-state index in [9.17, 15) is 0 Å².